The van der Waals surface area contributed by atoms with Gasteiger partial charge in [0.05, 0.1) is 17.4 Å². The average molecular weight is 432 g/mol. The van der Waals surface area contributed by atoms with E-state index >= 15 is 0 Å². The second kappa shape index (κ2) is 10.2. The van der Waals surface area contributed by atoms with Crippen molar-refractivity contribution in [3.05, 3.63) is 64.7 Å². The van der Waals surface area contributed by atoms with E-state index in [2.05, 4.69) is 5.32 Å². The van der Waals surface area contributed by atoms with Gasteiger partial charge in [0.2, 0.25) is 15.9 Å². The van der Waals surface area contributed by atoms with Gasteiger partial charge in [-0.2, -0.15) is 4.31 Å². The number of hydrogen-bond donors (Lipinski definition) is 3. The SMILES string of the molecule is CCN(CC(=O)NC(Cc1ccc(C)cc1C)B(O)O)S(=O)(=O)c1ccc(C)cc1. The first-order valence-electron chi connectivity index (χ1n) is 9.83. The molecule has 0 aliphatic heterocycles. The molecule has 0 spiro atoms. The second-order valence-corrected chi connectivity index (χ2v) is 9.40. The van der Waals surface area contributed by atoms with Crippen LogP contribution in [-0.2, 0) is 21.2 Å². The van der Waals surface area contributed by atoms with E-state index in [4.69, 9.17) is 0 Å². The molecule has 2 rings (SSSR count). The van der Waals surface area contributed by atoms with Crippen molar-refractivity contribution in [3.63, 3.8) is 0 Å². The van der Waals surface area contributed by atoms with E-state index in [-0.39, 0.29) is 17.9 Å². The summed E-state index contributed by atoms with van der Waals surface area (Å²) in [5.74, 6) is -1.56. The largest absolute Gasteiger partial charge is 0.475 e. The average Bonchev–Trinajstić information content (AvgIpc) is 2.67. The molecule has 30 heavy (non-hydrogen) atoms. The number of rotatable bonds is 9. The third-order valence-electron chi connectivity index (χ3n) is 4.98. The van der Waals surface area contributed by atoms with E-state index in [1.807, 2.05) is 39.0 Å². The molecule has 0 aliphatic rings. The number of amides is 1. The lowest BCUT2D eigenvalue weighted by Gasteiger charge is -2.23. The molecule has 0 saturated heterocycles. The Kier molecular flexibility index (Phi) is 8.20. The second-order valence-electron chi connectivity index (χ2n) is 7.47. The Labute approximate surface area is 178 Å². The van der Waals surface area contributed by atoms with Crippen LogP contribution in [0.4, 0.5) is 0 Å². The minimum atomic E-state index is -3.84. The van der Waals surface area contributed by atoms with Crippen LogP contribution in [0.1, 0.15) is 29.2 Å². The summed E-state index contributed by atoms with van der Waals surface area (Å²) in [5.41, 5.74) is 3.87. The van der Waals surface area contributed by atoms with Gasteiger partial charge >= 0.3 is 7.12 Å². The van der Waals surface area contributed by atoms with Gasteiger partial charge in [0.15, 0.2) is 0 Å². The molecule has 162 valence electrons. The quantitative estimate of drug-likeness (QED) is 0.519. The minimum Gasteiger partial charge on any atom is -0.426 e. The van der Waals surface area contributed by atoms with Crippen LogP contribution in [0.25, 0.3) is 0 Å². The van der Waals surface area contributed by atoms with Gasteiger partial charge in [0.1, 0.15) is 0 Å². The molecule has 0 radical (unpaired) electrons. The standard InChI is InChI=1S/C21H29BN2O5S/c1-5-24(30(28,29)19-10-7-15(2)8-11-19)14-21(25)23-20(22(26)27)13-18-9-6-16(3)12-17(18)4/h6-12,20,26-27H,5,13-14H2,1-4H3,(H,23,25). The molecule has 0 aromatic heterocycles. The first kappa shape index (κ1) is 24.1. The molecule has 7 nitrogen and oxygen atoms in total. The molecule has 0 aliphatic carbocycles. The van der Waals surface area contributed by atoms with Crippen molar-refractivity contribution in [2.75, 3.05) is 13.1 Å². The number of carbonyl (C=O) groups is 1. The number of sulfonamides is 1. The van der Waals surface area contributed by atoms with Gasteiger partial charge < -0.3 is 15.4 Å². The van der Waals surface area contributed by atoms with E-state index < -0.39 is 35.5 Å². The highest BCUT2D eigenvalue weighted by Gasteiger charge is 2.29. The lowest BCUT2D eigenvalue weighted by molar-refractivity contribution is -0.121. The highest BCUT2D eigenvalue weighted by molar-refractivity contribution is 7.89. The van der Waals surface area contributed by atoms with E-state index in [9.17, 15) is 23.3 Å². The predicted molar refractivity (Wildman–Crippen MR) is 117 cm³/mol. The molecule has 1 unspecified atom stereocenters. The van der Waals surface area contributed by atoms with Crippen LogP contribution in [0.5, 0.6) is 0 Å². The maximum Gasteiger partial charge on any atom is 0.475 e. The number of nitrogens with zero attached hydrogens (tertiary/aromatic N) is 1. The minimum absolute atomic E-state index is 0.104. The summed E-state index contributed by atoms with van der Waals surface area (Å²) in [6, 6.07) is 12.2. The molecular weight excluding hydrogens is 403 g/mol. The van der Waals surface area contributed by atoms with Crippen molar-refractivity contribution < 1.29 is 23.3 Å². The fourth-order valence-corrected chi connectivity index (χ4v) is 4.59. The normalized spacial score (nSPS) is 12.6. The molecule has 0 bridgehead atoms. The van der Waals surface area contributed by atoms with E-state index in [0.29, 0.717) is 0 Å². The zero-order valence-corrected chi connectivity index (χ0v) is 18.6. The van der Waals surface area contributed by atoms with E-state index in [0.717, 1.165) is 26.6 Å². The number of likely N-dealkylation sites (N-methyl/N-ethyl adjacent to an activating group) is 1. The molecule has 2 aromatic carbocycles. The molecule has 0 saturated carbocycles. The van der Waals surface area contributed by atoms with Gasteiger partial charge in [-0.15, -0.1) is 0 Å². The predicted octanol–water partition coefficient (Wildman–Crippen LogP) is 1.36. The summed E-state index contributed by atoms with van der Waals surface area (Å²) in [6.45, 7) is 7.07. The van der Waals surface area contributed by atoms with Crippen molar-refractivity contribution in [1.29, 1.82) is 0 Å². The maximum atomic E-state index is 12.8. The highest BCUT2D eigenvalue weighted by Crippen LogP contribution is 2.17. The molecular formula is C21H29BN2O5S. The lowest BCUT2D eigenvalue weighted by atomic mass is 9.75. The van der Waals surface area contributed by atoms with Crippen LogP contribution in [0.15, 0.2) is 47.4 Å². The summed E-state index contributed by atoms with van der Waals surface area (Å²) in [5, 5.41) is 22.0. The van der Waals surface area contributed by atoms with Crippen LogP contribution < -0.4 is 5.32 Å². The lowest BCUT2D eigenvalue weighted by Crippen LogP contribution is -2.51. The third-order valence-corrected chi connectivity index (χ3v) is 6.91. The molecule has 0 heterocycles. The Morgan fingerprint density at radius 2 is 1.67 bits per heavy atom. The summed E-state index contributed by atoms with van der Waals surface area (Å²) < 4.78 is 26.7. The van der Waals surface area contributed by atoms with Crippen LogP contribution in [0.2, 0.25) is 0 Å². The Hall–Kier alpha value is -2.20. The Bertz CT molecular complexity index is 977. The van der Waals surface area contributed by atoms with Crippen LogP contribution >= 0.6 is 0 Å². The zero-order chi connectivity index (χ0) is 22.5. The highest BCUT2D eigenvalue weighted by atomic mass is 32.2. The van der Waals surface area contributed by atoms with Crippen molar-refractivity contribution in [3.8, 4) is 0 Å². The summed E-state index contributed by atoms with van der Waals surface area (Å²) >= 11 is 0. The van der Waals surface area contributed by atoms with Crippen LogP contribution in [-0.4, -0.2) is 54.8 Å². The van der Waals surface area contributed by atoms with Crippen molar-refractivity contribution >= 4 is 23.0 Å². The fraction of sp³-hybridized carbons (Fsp3) is 0.381. The molecule has 1 amide bonds. The Morgan fingerprint density at radius 3 is 2.20 bits per heavy atom. The van der Waals surface area contributed by atoms with Crippen molar-refractivity contribution in [2.24, 2.45) is 0 Å². The number of hydrogen-bond acceptors (Lipinski definition) is 5. The molecule has 3 N–H and O–H groups in total. The van der Waals surface area contributed by atoms with Gasteiger partial charge in [0, 0.05) is 6.54 Å². The van der Waals surface area contributed by atoms with E-state index in [1.165, 1.54) is 12.1 Å². The topological polar surface area (TPSA) is 107 Å². The summed E-state index contributed by atoms with van der Waals surface area (Å²) in [7, 11) is -5.62. The first-order valence-corrected chi connectivity index (χ1v) is 11.3. The van der Waals surface area contributed by atoms with Gasteiger partial charge in [-0.25, -0.2) is 8.42 Å². The number of benzene rings is 2. The summed E-state index contributed by atoms with van der Waals surface area (Å²) in [4.78, 5) is 12.7. The van der Waals surface area contributed by atoms with Gasteiger partial charge in [-0.1, -0.05) is 48.4 Å². The molecule has 2 aromatic rings. The van der Waals surface area contributed by atoms with Gasteiger partial charge in [0.25, 0.3) is 0 Å². The van der Waals surface area contributed by atoms with Gasteiger partial charge in [-0.3, -0.25) is 4.79 Å². The number of carbonyl (C=O) groups excluding carboxylic acids is 1. The smallest absolute Gasteiger partial charge is 0.426 e. The summed E-state index contributed by atoms with van der Waals surface area (Å²) in [6.07, 6.45) is 0.215. The molecule has 1 atom stereocenters. The van der Waals surface area contributed by atoms with Gasteiger partial charge in [-0.05, 0) is 50.5 Å². The van der Waals surface area contributed by atoms with E-state index in [1.54, 1.807) is 19.1 Å². The number of aryl methyl sites for hydroxylation is 3. The van der Waals surface area contributed by atoms with Crippen molar-refractivity contribution in [1.82, 2.24) is 9.62 Å². The Morgan fingerprint density at radius 1 is 1.07 bits per heavy atom. The molecule has 0 fully saturated rings. The fourth-order valence-electron chi connectivity index (χ4n) is 3.18. The monoisotopic (exact) mass is 432 g/mol. The number of nitrogens with one attached hydrogen (secondary N) is 1. The molecule has 9 heteroatoms. The Balaban J connectivity index is 2.12. The first-order chi connectivity index (χ1) is 14.0. The third kappa shape index (κ3) is 6.15. The zero-order valence-electron chi connectivity index (χ0n) is 17.8. The van der Waals surface area contributed by atoms with Crippen LogP contribution in [0.3, 0.4) is 0 Å². The van der Waals surface area contributed by atoms with Crippen LogP contribution in [0, 0.1) is 20.8 Å². The van der Waals surface area contributed by atoms with Crippen molar-refractivity contribution in [2.45, 2.75) is 45.0 Å². The maximum absolute atomic E-state index is 12.8.